The van der Waals surface area contributed by atoms with Crippen molar-refractivity contribution < 1.29 is 0 Å². The number of aromatic nitrogens is 3. The molecule has 6 rings (SSSR count). The molecule has 4 aromatic rings. The Kier molecular flexibility index (Phi) is 3.94. The van der Waals surface area contributed by atoms with E-state index in [0.717, 1.165) is 52.5 Å². The van der Waals surface area contributed by atoms with Crippen LogP contribution in [-0.4, -0.2) is 28.0 Å². The van der Waals surface area contributed by atoms with Gasteiger partial charge in [0.25, 0.3) is 0 Å². The smallest absolute Gasteiger partial charge is 0.138 e. The summed E-state index contributed by atoms with van der Waals surface area (Å²) in [4.78, 5) is 16.2. The lowest BCUT2D eigenvalue weighted by Gasteiger charge is -2.18. The van der Waals surface area contributed by atoms with Crippen LogP contribution in [0.15, 0.2) is 67.0 Å². The molecule has 0 bridgehead atoms. The van der Waals surface area contributed by atoms with Crippen LogP contribution in [0.3, 0.4) is 0 Å². The number of benzene rings is 2. The molecule has 3 heterocycles. The molecule has 148 valence electrons. The number of anilines is 2. The minimum absolute atomic E-state index is 0.173. The van der Waals surface area contributed by atoms with Crippen molar-refractivity contribution in [1.82, 2.24) is 15.0 Å². The molecule has 2 aromatic carbocycles. The minimum Gasteiger partial charge on any atom is -0.383 e. The Balaban J connectivity index is 1.42. The third kappa shape index (κ3) is 2.98. The van der Waals surface area contributed by atoms with Gasteiger partial charge in [-0.05, 0) is 36.5 Å². The van der Waals surface area contributed by atoms with Gasteiger partial charge in [-0.2, -0.15) is 0 Å². The maximum Gasteiger partial charge on any atom is 0.138 e. The van der Waals surface area contributed by atoms with Crippen LogP contribution in [0.1, 0.15) is 29.9 Å². The van der Waals surface area contributed by atoms with E-state index in [4.69, 9.17) is 10.7 Å². The van der Waals surface area contributed by atoms with Crippen molar-refractivity contribution >= 4 is 22.5 Å². The summed E-state index contributed by atoms with van der Waals surface area (Å²) >= 11 is 0. The molecule has 0 amide bonds. The van der Waals surface area contributed by atoms with E-state index in [0.29, 0.717) is 5.82 Å². The van der Waals surface area contributed by atoms with E-state index < -0.39 is 0 Å². The first kappa shape index (κ1) is 17.4. The average molecular weight is 393 g/mol. The molecule has 30 heavy (non-hydrogen) atoms. The first-order valence-corrected chi connectivity index (χ1v) is 10.6. The zero-order chi connectivity index (χ0) is 20.1. The topological polar surface area (TPSA) is 67.9 Å². The summed E-state index contributed by atoms with van der Waals surface area (Å²) in [7, 11) is 0. The molecular weight excluding hydrogens is 370 g/mol. The first-order chi connectivity index (χ1) is 14.8. The third-order valence-electron chi connectivity index (χ3n) is 6.31. The van der Waals surface area contributed by atoms with Crippen molar-refractivity contribution in [3.05, 3.63) is 78.1 Å². The Bertz CT molecular complexity index is 1230. The predicted molar refractivity (Wildman–Crippen MR) is 120 cm³/mol. The van der Waals surface area contributed by atoms with E-state index >= 15 is 0 Å². The van der Waals surface area contributed by atoms with Crippen LogP contribution in [0.5, 0.6) is 0 Å². The monoisotopic (exact) mass is 393 g/mol. The van der Waals surface area contributed by atoms with Crippen LogP contribution >= 0.6 is 0 Å². The molecule has 1 aliphatic carbocycles. The van der Waals surface area contributed by atoms with Gasteiger partial charge >= 0.3 is 0 Å². The van der Waals surface area contributed by atoms with Crippen LogP contribution in [0.2, 0.25) is 0 Å². The summed E-state index contributed by atoms with van der Waals surface area (Å²) in [5.74, 6) is 2.56. The standard InChI is InChI=1S/C25H23N5/c26-24-23-20(14-30(13-16-6-7-16)25(23)28-15-27-24)19-9-8-18-10-11-21(29-22(18)12-19)17-4-2-1-3-5-17/h1-5,8-12,15-16,20H,6-7,13-14H2,(H2,26,27,28). The fraction of sp³-hybridized carbons (Fsp3) is 0.240. The Morgan fingerprint density at radius 2 is 1.80 bits per heavy atom. The quantitative estimate of drug-likeness (QED) is 0.547. The number of hydrogen-bond donors (Lipinski definition) is 1. The summed E-state index contributed by atoms with van der Waals surface area (Å²) in [6, 6.07) is 21.1. The van der Waals surface area contributed by atoms with Gasteiger partial charge in [0.2, 0.25) is 0 Å². The number of fused-ring (bicyclic) bond motifs is 2. The predicted octanol–water partition coefficient (Wildman–Crippen LogP) is 4.64. The van der Waals surface area contributed by atoms with Crippen LogP contribution in [-0.2, 0) is 0 Å². The summed E-state index contributed by atoms with van der Waals surface area (Å²) in [6.07, 6.45) is 4.23. The lowest BCUT2D eigenvalue weighted by atomic mass is 9.93. The van der Waals surface area contributed by atoms with Crippen molar-refractivity contribution in [2.75, 3.05) is 23.7 Å². The average Bonchev–Trinajstić information content (AvgIpc) is 3.53. The Morgan fingerprint density at radius 3 is 2.63 bits per heavy atom. The SMILES string of the molecule is Nc1ncnc2c1C(c1ccc3ccc(-c4ccccc4)nc3c1)CN2CC1CC1. The van der Waals surface area contributed by atoms with Gasteiger partial charge in [-0.15, -0.1) is 0 Å². The highest BCUT2D eigenvalue weighted by molar-refractivity contribution is 5.83. The van der Waals surface area contributed by atoms with Crippen molar-refractivity contribution in [2.45, 2.75) is 18.8 Å². The second kappa shape index (κ2) is 6.80. The molecule has 5 heteroatoms. The van der Waals surface area contributed by atoms with E-state index in [9.17, 15) is 0 Å². The van der Waals surface area contributed by atoms with Gasteiger partial charge in [0, 0.05) is 35.5 Å². The van der Waals surface area contributed by atoms with Gasteiger partial charge in [-0.25, -0.2) is 15.0 Å². The molecule has 2 aromatic heterocycles. The lowest BCUT2D eigenvalue weighted by Crippen LogP contribution is -2.25. The molecule has 1 aliphatic heterocycles. The fourth-order valence-electron chi connectivity index (χ4n) is 4.55. The molecule has 0 spiro atoms. The number of nitrogen functional groups attached to an aromatic ring is 1. The van der Waals surface area contributed by atoms with Crippen molar-refractivity contribution in [2.24, 2.45) is 5.92 Å². The summed E-state index contributed by atoms with van der Waals surface area (Å²) in [5, 5.41) is 1.14. The zero-order valence-corrected chi connectivity index (χ0v) is 16.7. The highest BCUT2D eigenvalue weighted by Gasteiger charge is 2.36. The molecular formula is C25H23N5. The zero-order valence-electron chi connectivity index (χ0n) is 16.7. The Hall–Kier alpha value is -3.47. The van der Waals surface area contributed by atoms with E-state index in [2.05, 4.69) is 57.3 Å². The van der Waals surface area contributed by atoms with Crippen molar-refractivity contribution in [3.8, 4) is 11.3 Å². The van der Waals surface area contributed by atoms with Gasteiger partial charge in [-0.1, -0.05) is 48.5 Å². The number of hydrogen-bond acceptors (Lipinski definition) is 5. The van der Waals surface area contributed by atoms with Gasteiger partial charge in [0.05, 0.1) is 11.2 Å². The number of rotatable bonds is 4. The molecule has 1 unspecified atom stereocenters. The molecule has 5 nitrogen and oxygen atoms in total. The van der Waals surface area contributed by atoms with Crippen LogP contribution < -0.4 is 10.6 Å². The van der Waals surface area contributed by atoms with E-state index in [-0.39, 0.29) is 5.92 Å². The van der Waals surface area contributed by atoms with Gasteiger partial charge < -0.3 is 10.6 Å². The van der Waals surface area contributed by atoms with Crippen LogP contribution in [0.4, 0.5) is 11.6 Å². The largest absolute Gasteiger partial charge is 0.383 e. The molecule has 2 N–H and O–H groups in total. The van der Waals surface area contributed by atoms with E-state index in [1.165, 1.54) is 18.4 Å². The number of nitrogens with zero attached hydrogens (tertiary/aromatic N) is 4. The summed E-state index contributed by atoms with van der Waals surface area (Å²) in [6.45, 7) is 1.96. The highest BCUT2D eigenvalue weighted by Crippen LogP contribution is 2.43. The number of nitrogens with two attached hydrogens (primary N) is 1. The molecule has 1 atom stereocenters. The highest BCUT2D eigenvalue weighted by atomic mass is 15.2. The third-order valence-corrected chi connectivity index (χ3v) is 6.31. The summed E-state index contributed by atoms with van der Waals surface area (Å²) < 4.78 is 0. The Morgan fingerprint density at radius 1 is 0.967 bits per heavy atom. The molecule has 2 aliphatic rings. The Labute approximate surface area is 175 Å². The van der Waals surface area contributed by atoms with Crippen molar-refractivity contribution in [3.63, 3.8) is 0 Å². The second-order valence-electron chi connectivity index (χ2n) is 8.41. The fourth-order valence-corrected chi connectivity index (χ4v) is 4.55. The van der Waals surface area contributed by atoms with Crippen molar-refractivity contribution in [1.29, 1.82) is 0 Å². The van der Waals surface area contributed by atoms with Gasteiger partial charge in [0.15, 0.2) is 0 Å². The van der Waals surface area contributed by atoms with Gasteiger partial charge in [-0.3, -0.25) is 0 Å². The summed E-state index contributed by atoms with van der Waals surface area (Å²) in [5.41, 5.74) is 11.7. The molecule has 1 fully saturated rings. The van der Waals surface area contributed by atoms with E-state index in [1.54, 1.807) is 6.33 Å². The molecule has 0 radical (unpaired) electrons. The maximum absolute atomic E-state index is 6.33. The normalized spacial score (nSPS) is 18.0. The second-order valence-corrected chi connectivity index (χ2v) is 8.41. The maximum atomic E-state index is 6.33. The van der Waals surface area contributed by atoms with Gasteiger partial charge in [0.1, 0.15) is 18.0 Å². The number of pyridine rings is 1. The molecule has 0 saturated heterocycles. The van der Waals surface area contributed by atoms with E-state index in [1.807, 2.05) is 18.2 Å². The van der Waals surface area contributed by atoms with Crippen LogP contribution in [0.25, 0.3) is 22.2 Å². The van der Waals surface area contributed by atoms with Crippen LogP contribution in [0, 0.1) is 5.92 Å². The molecule has 1 saturated carbocycles. The lowest BCUT2D eigenvalue weighted by molar-refractivity contribution is 0.714. The first-order valence-electron chi connectivity index (χ1n) is 10.6. The minimum atomic E-state index is 0.173.